The van der Waals surface area contributed by atoms with Gasteiger partial charge in [0.1, 0.15) is 0 Å². The number of carbonyl (C=O) groups is 1. The smallest absolute Gasteiger partial charge is 0.220 e. The van der Waals surface area contributed by atoms with Crippen molar-refractivity contribution in [3.05, 3.63) is 0 Å². The van der Waals surface area contributed by atoms with Crippen molar-refractivity contribution in [2.45, 2.75) is 88.6 Å². The molecule has 0 radical (unpaired) electrons. The molecule has 3 nitrogen and oxygen atoms in total. The largest absolute Gasteiger partial charge is 0.353 e. The molecule has 3 heteroatoms. The highest BCUT2D eigenvalue weighted by Crippen LogP contribution is 2.38. The van der Waals surface area contributed by atoms with Gasteiger partial charge in [0.2, 0.25) is 5.91 Å². The number of amides is 1. The molecule has 3 rings (SSSR count). The molecule has 1 amide bonds. The van der Waals surface area contributed by atoms with E-state index in [1.165, 1.54) is 51.4 Å². The highest BCUT2D eigenvalue weighted by Gasteiger charge is 2.41. The van der Waals surface area contributed by atoms with Crippen LogP contribution < -0.4 is 10.6 Å². The van der Waals surface area contributed by atoms with Gasteiger partial charge < -0.3 is 10.6 Å². The molecule has 3 aliphatic rings. The van der Waals surface area contributed by atoms with Gasteiger partial charge >= 0.3 is 0 Å². The molecule has 2 saturated carbocycles. The van der Waals surface area contributed by atoms with Crippen LogP contribution in [0.25, 0.3) is 0 Å². The Morgan fingerprint density at radius 2 is 1.90 bits per heavy atom. The summed E-state index contributed by atoms with van der Waals surface area (Å²) in [6, 6.07) is 0.426. The molecule has 0 aromatic carbocycles. The fraction of sp³-hybridized carbons (Fsp3) is 0.941. The van der Waals surface area contributed by atoms with Crippen LogP contribution in [0.1, 0.15) is 77.0 Å². The van der Waals surface area contributed by atoms with E-state index in [2.05, 4.69) is 10.6 Å². The predicted molar refractivity (Wildman–Crippen MR) is 81.6 cm³/mol. The summed E-state index contributed by atoms with van der Waals surface area (Å²) < 4.78 is 0. The van der Waals surface area contributed by atoms with Crippen LogP contribution in [0.4, 0.5) is 0 Å². The van der Waals surface area contributed by atoms with Gasteiger partial charge in [0.05, 0.1) is 0 Å². The van der Waals surface area contributed by atoms with Crippen LogP contribution in [0.3, 0.4) is 0 Å². The highest BCUT2D eigenvalue weighted by atomic mass is 16.1. The Kier molecular flexibility index (Phi) is 4.65. The van der Waals surface area contributed by atoms with E-state index in [1.54, 1.807) is 0 Å². The summed E-state index contributed by atoms with van der Waals surface area (Å²) >= 11 is 0. The van der Waals surface area contributed by atoms with E-state index < -0.39 is 0 Å². The molecular weight excluding hydrogens is 248 g/mol. The third-order valence-electron chi connectivity index (χ3n) is 5.81. The molecule has 0 aromatic heterocycles. The van der Waals surface area contributed by atoms with Crippen molar-refractivity contribution in [3.63, 3.8) is 0 Å². The summed E-state index contributed by atoms with van der Waals surface area (Å²) in [6.07, 6.45) is 15.0. The maximum atomic E-state index is 12.1. The lowest BCUT2D eigenvalue weighted by molar-refractivity contribution is -0.122. The van der Waals surface area contributed by atoms with Gasteiger partial charge in [0, 0.05) is 18.0 Å². The van der Waals surface area contributed by atoms with Crippen LogP contribution >= 0.6 is 0 Å². The summed E-state index contributed by atoms with van der Waals surface area (Å²) in [4.78, 5) is 12.1. The van der Waals surface area contributed by atoms with Crippen LogP contribution in [-0.2, 0) is 4.79 Å². The van der Waals surface area contributed by atoms with E-state index in [4.69, 9.17) is 0 Å². The topological polar surface area (TPSA) is 41.1 Å². The van der Waals surface area contributed by atoms with E-state index in [-0.39, 0.29) is 0 Å². The molecule has 2 aliphatic carbocycles. The van der Waals surface area contributed by atoms with Crippen LogP contribution in [-0.4, -0.2) is 24.0 Å². The van der Waals surface area contributed by atoms with Gasteiger partial charge in [-0.3, -0.25) is 4.79 Å². The van der Waals surface area contributed by atoms with Crippen LogP contribution in [0.5, 0.6) is 0 Å². The second-order valence-electron chi connectivity index (χ2n) is 7.36. The third kappa shape index (κ3) is 3.55. The van der Waals surface area contributed by atoms with Crippen molar-refractivity contribution in [1.29, 1.82) is 0 Å². The van der Waals surface area contributed by atoms with Gasteiger partial charge in [0.25, 0.3) is 0 Å². The Balaban J connectivity index is 1.37. The Morgan fingerprint density at radius 1 is 1.10 bits per heavy atom. The maximum Gasteiger partial charge on any atom is 0.220 e. The van der Waals surface area contributed by atoms with Crippen LogP contribution in [0.15, 0.2) is 0 Å². The van der Waals surface area contributed by atoms with Gasteiger partial charge in [-0.2, -0.15) is 0 Å². The Bertz CT molecular complexity index is 332. The van der Waals surface area contributed by atoms with E-state index >= 15 is 0 Å². The maximum absolute atomic E-state index is 12.1. The Morgan fingerprint density at radius 3 is 2.60 bits per heavy atom. The van der Waals surface area contributed by atoms with Crippen molar-refractivity contribution in [2.24, 2.45) is 5.92 Å². The zero-order valence-electron chi connectivity index (χ0n) is 12.8. The summed E-state index contributed by atoms with van der Waals surface area (Å²) in [5.74, 6) is 1.12. The molecule has 1 aliphatic heterocycles. The Hall–Kier alpha value is -0.570. The quantitative estimate of drug-likeness (QED) is 0.829. The number of hydrogen-bond donors (Lipinski definition) is 2. The second kappa shape index (κ2) is 6.46. The molecule has 2 N–H and O–H groups in total. The molecule has 1 spiro atoms. The lowest BCUT2D eigenvalue weighted by Crippen LogP contribution is -2.59. The SMILES string of the molecule is O=C(CCC1CCCCC1)NC1CCNC2(CCC2)C1. The fourth-order valence-corrected chi connectivity index (χ4v) is 4.38. The van der Waals surface area contributed by atoms with E-state index in [9.17, 15) is 4.79 Å². The van der Waals surface area contributed by atoms with Gasteiger partial charge in [0.15, 0.2) is 0 Å². The first-order valence-corrected chi connectivity index (χ1v) is 8.80. The van der Waals surface area contributed by atoms with Crippen molar-refractivity contribution in [3.8, 4) is 0 Å². The van der Waals surface area contributed by atoms with Gasteiger partial charge in [-0.1, -0.05) is 32.1 Å². The van der Waals surface area contributed by atoms with E-state index in [0.717, 1.165) is 38.1 Å². The first-order chi connectivity index (χ1) is 9.76. The minimum absolute atomic E-state index is 0.303. The summed E-state index contributed by atoms with van der Waals surface area (Å²) in [5.41, 5.74) is 0.388. The fourth-order valence-electron chi connectivity index (χ4n) is 4.38. The molecule has 1 saturated heterocycles. The highest BCUT2D eigenvalue weighted by molar-refractivity contribution is 5.76. The summed E-state index contributed by atoms with van der Waals surface area (Å²) in [5, 5.41) is 6.97. The molecule has 3 fully saturated rings. The van der Waals surface area contributed by atoms with Crippen LogP contribution in [0, 0.1) is 5.92 Å². The number of rotatable bonds is 4. The predicted octanol–water partition coefficient (Wildman–Crippen LogP) is 3.14. The standard InChI is InChI=1S/C17H30N2O/c20-16(8-7-14-5-2-1-3-6-14)19-15-9-12-18-17(13-15)10-4-11-17/h14-15,18H,1-13H2,(H,19,20). The number of piperidine rings is 1. The van der Waals surface area contributed by atoms with Crippen LogP contribution in [0.2, 0.25) is 0 Å². The normalized spacial score (nSPS) is 29.9. The molecule has 0 bridgehead atoms. The number of nitrogens with one attached hydrogen (secondary N) is 2. The van der Waals surface area contributed by atoms with Gasteiger partial charge in [-0.05, 0) is 51.0 Å². The van der Waals surface area contributed by atoms with E-state index in [1.807, 2.05) is 0 Å². The minimum atomic E-state index is 0.303. The molecule has 114 valence electrons. The average molecular weight is 278 g/mol. The molecular formula is C17H30N2O. The second-order valence-corrected chi connectivity index (χ2v) is 7.36. The van der Waals surface area contributed by atoms with Gasteiger partial charge in [-0.15, -0.1) is 0 Å². The third-order valence-corrected chi connectivity index (χ3v) is 5.81. The lowest BCUT2D eigenvalue weighted by Gasteiger charge is -2.48. The van der Waals surface area contributed by atoms with Gasteiger partial charge in [-0.25, -0.2) is 0 Å². The number of carbonyl (C=O) groups excluding carboxylic acids is 1. The minimum Gasteiger partial charge on any atom is -0.353 e. The van der Waals surface area contributed by atoms with Crippen molar-refractivity contribution >= 4 is 5.91 Å². The molecule has 1 heterocycles. The molecule has 0 aromatic rings. The molecule has 20 heavy (non-hydrogen) atoms. The van der Waals surface area contributed by atoms with Crippen molar-refractivity contribution < 1.29 is 4.79 Å². The van der Waals surface area contributed by atoms with Crippen molar-refractivity contribution in [2.75, 3.05) is 6.54 Å². The number of hydrogen-bond acceptors (Lipinski definition) is 2. The first-order valence-electron chi connectivity index (χ1n) is 8.80. The first kappa shape index (κ1) is 14.4. The zero-order valence-corrected chi connectivity index (χ0v) is 12.8. The Labute approximate surface area is 123 Å². The average Bonchev–Trinajstić information content (AvgIpc) is 2.45. The lowest BCUT2D eigenvalue weighted by atomic mass is 9.70. The summed E-state index contributed by atoms with van der Waals surface area (Å²) in [7, 11) is 0. The van der Waals surface area contributed by atoms with E-state index in [0.29, 0.717) is 17.5 Å². The molecule has 1 unspecified atom stereocenters. The molecule has 1 atom stereocenters. The zero-order chi connectivity index (χ0) is 13.8. The monoisotopic (exact) mass is 278 g/mol. The summed E-state index contributed by atoms with van der Waals surface area (Å²) in [6.45, 7) is 1.08. The van der Waals surface area contributed by atoms with Crippen molar-refractivity contribution in [1.82, 2.24) is 10.6 Å².